The van der Waals surface area contributed by atoms with Gasteiger partial charge in [0.2, 0.25) is 0 Å². The van der Waals surface area contributed by atoms with Crippen LogP contribution < -0.4 is 0 Å². The molecule has 0 aliphatic carbocycles. The Morgan fingerprint density at radius 3 is 2.39 bits per heavy atom. The van der Waals surface area contributed by atoms with Crippen molar-refractivity contribution in [2.75, 3.05) is 0 Å². The summed E-state index contributed by atoms with van der Waals surface area (Å²) in [5.41, 5.74) is 2.54. The van der Waals surface area contributed by atoms with Crippen molar-refractivity contribution in [3.63, 3.8) is 0 Å². The number of hydrogen-bond acceptors (Lipinski definition) is 1. The fourth-order valence-corrected chi connectivity index (χ4v) is 2.23. The van der Waals surface area contributed by atoms with Gasteiger partial charge < -0.3 is 0 Å². The Kier molecular flexibility index (Phi) is 3.67. The van der Waals surface area contributed by atoms with Crippen LogP contribution in [0.2, 0.25) is 0 Å². The largest absolute Gasteiger partial charge is 0.198 e. The van der Waals surface area contributed by atoms with Gasteiger partial charge in [0.05, 0.1) is 12.0 Å². The summed E-state index contributed by atoms with van der Waals surface area (Å²) in [6.07, 6.45) is 0.845. The highest BCUT2D eigenvalue weighted by atomic mass is 14.3. The zero-order valence-electron chi connectivity index (χ0n) is 11.3. The lowest BCUT2D eigenvalue weighted by atomic mass is 9.90. The Morgan fingerprint density at radius 1 is 1.06 bits per heavy atom. The summed E-state index contributed by atoms with van der Waals surface area (Å²) in [6.45, 7) is 6.33. The number of aryl methyl sites for hydroxylation is 1. The van der Waals surface area contributed by atoms with E-state index in [1.807, 2.05) is 0 Å². The molecule has 0 fully saturated rings. The van der Waals surface area contributed by atoms with E-state index in [1.165, 1.54) is 21.9 Å². The summed E-state index contributed by atoms with van der Waals surface area (Å²) in [4.78, 5) is 0. The molecule has 0 aromatic heterocycles. The fraction of sp³-hybridized carbons (Fsp3) is 0.353. The Balaban J connectivity index is 2.31. The summed E-state index contributed by atoms with van der Waals surface area (Å²) in [5.74, 6) is 0.511. The highest BCUT2D eigenvalue weighted by molar-refractivity contribution is 5.83. The minimum Gasteiger partial charge on any atom is -0.198 e. The van der Waals surface area contributed by atoms with Crippen LogP contribution in [0.4, 0.5) is 0 Å². The first kappa shape index (κ1) is 12.6. The average Bonchev–Trinajstić information content (AvgIpc) is 2.35. The zero-order chi connectivity index (χ0) is 13.1. The van der Waals surface area contributed by atoms with Crippen molar-refractivity contribution in [1.82, 2.24) is 0 Å². The lowest BCUT2D eigenvalue weighted by Gasteiger charge is -2.13. The highest BCUT2D eigenvalue weighted by Gasteiger charge is 2.13. The summed E-state index contributed by atoms with van der Waals surface area (Å²) in [6, 6.07) is 15.4. The minimum absolute atomic E-state index is 0.105. The van der Waals surface area contributed by atoms with Gasteiger partial charge in [-0.3, -0.25) is 0 Å². The molecule has 2 aromatic rings. The molecule has 0 bridgehead atoms. The molecule has 18 heavy (non-hydrogen) atoms. The molecule has 0 aliphatic rings. The summed E-state index contributed by atoms with van der Waals surface area (Å²) < 4.78 is 0. The van der Waals surface area contributed by atoms with E-state index in [4.69, 9.17) is 5.26 Å². The van der Waals surface area contributed by atoms with Crippen LogP contribution in [0.3, 0.4) is 0 Å². The Bertz CT molecular complexity index is 590. The van der Waals surface area contributed by atoms with Crippen molar-refractivity contribution in [2.45, 2.75) is 27.2 Å². The topological polar surface area (TPSA) is 23.8 Å². The fourth-order valence-electron chi connectivity index (χ4n) is 2.23. The third-order valence-electron chi connectivity index (χ3n) is 3.49. The van der Waals surface area contributed by atoms with Gasteiger partial charge in [-0.05, 0) is 35.6 Å². The van der Waals surface area contributed by atoms with Crippen LogP contribution in [0, 0.1) is 30.1 Å². The van der Waals surface area contributed by atoms with E-state index in [1.54, 1.807) is 0 Å². The summed E-state index contributed by atoms with van der Waals surface area (Å²) in [5, 5.41) is 11.7. The molecule has 0 aliphatic heterocycles. The van der Waals surface area contributed by atoms with Gasteiger partial charge in [-0.15, -0.1) is 0 Å². The second-order valence-corrected chi connectivity index (χ2v) is 5.37. The molecular formula is C17H19N. The molecule has 0 saturated heterocycles. The van der Waals surface area contributed by atoms with Gasteiger partial charge in [-0.1, -0.05) is 55.8 Å². The predicted molar refractivity (Wildman–Crippen MR) is 76.3 cm³/mol. The summed E-state index contributed by atoms with van der Waals surface area (Å²) in [7, 11) is 0. The quantitative estimate of drug-likeness (QED) is 0.771. The molecule has 0 saturated carbocycles. The van der Waals surface area contributed by atoms with Gasteiger partial charge >= 0.3 is 0 Å². The molecule has 0 radical (unpaired) electrons. The van der Waals surface area contributed by atoms with Crippen molar-refractivity contribution in [3.05, 3.63) is 47.5 Å². The second-order valence-electron chi connectivity index (χ2n) is 5.37. The smallest absolute Gasteiger partial charge is 0.0661 e. The monoisotopic (exact) mass is 237 g/mol. The van der Waals surface area contributed by atoms with Crippen LogP contribution in [0.25, 0.3) is 10.8 Å². The van der Waals surface area contributed by atoms with Crippen LogP contribution in [0.15, 0.2) is 36.4 Å². The molecule has 1 nitrogen and oxygen atoms in total. The number of benzene rings is 2. The highest BCUT2D eigenvalue weighted by Crippen LogP contribution is 2.21. The van der Waals surface area contributed by atoms with E-state index >= 15 is 0 Å². The van der Waals surface area contributed by atoms with Crippen LogP contribution in [-0.2, 0) is 6.42 Å². The number of nitriles is 1. The van der Waals surface area contributed by atoms with Gasteiger partial charge in [-0.25, -0.2) is 0 Å². The molecule has 1 unspecified atom stereocenters. The lowest BCUT2D eigenvalue weighted by molar-refractivity contribution is 0.474. The maximum absolute atomic E-state index is 9.16. The van der Waals surface area contributed by atoms with Gasteiger partial charge in [0.15, 0.2) is 0 Å². The van der Waals surface area contributed by atoms with E-state index in [0.29, 0.717) is 5.92 Å². The molecule has 92 valence electrons. The van der Waals surface area contributed by atoms with Crippen molar-refractivity contribution < 1.29 is 0 Å². The normalized spacial score (nSPS) is 12.6. The second kappa shape index (κ2) is 5.23. The van der Waals surface area contributed by atoms with Crippen LogP contribution in [0.1, 0.15) is 25.0 Å². The Hall–Kier alpha value is -1.81. The molecule has 0 N–H and O–H groups in total. The first-order valence-corrected chi connectivity index (χ1v) is 6.49. The van der Waals surface area contributed by atoms with E-state index in [9.17, 15) is 0 Å². The van der Waals surface area contributed by atoms with E-state index in [-0.39, 0.29) is 5.92 Å². The van der Waals surface area contributed by atoms with Gasteiger partial charge in [0.1, 0.15) is 0 Å². The molecule has 2 aromatic carbocycles. The van der Waals surface area contributed by atoms with E-state index < -0.39 is 0 Å². The zero-order valence-corrected chi connectivity index (χ0v) is 11.3. The van der Waals surface area contributed by atoms with Crippen molar-refractivity contribution in [2.24, 2.45) is 11.8 Å². The number of fused-ring (bicyclic) bond motifs is 1. The standard InChI is InChI=1S/C17H19N/c1-12(2)17(11-18)10-14-5-7-15-8-13(3)4-6-16(15)9-14/h4-9,12,17H,10H2,1-3H3. The molecule has 1 heteroatoms. The average molecular weight is 237 g/mol. The maximum Gasteiger partial charge on any atom is 0.0661 e. The minimum atomic E-state index is 0.105. The Morgan fingerprint density at radius 2 is 1.72 bits per heavy atom. The number of hydrogen-bond donors (Lipinski definition) is 0. The SMILES string of the molecule is Cc1ccc2cc(CC(C#N)C(C)C)ccc2c1. The van der Waals surface area contributed by atoms with Crippen LogP contribution in [0.5, 0.6) is 0 Å². The number of rotatable bonds is 3. The van der Waals surface area contributed by atoms with Crippen LogP contribution in [-0.4, -0.2) is 0 Å². The van der Waals surface area contributed by atoms with E-state index in [2.05, 4.69) is 63.2 Å². The molecule has 0 spiro atoms. The van der Waals surface area contributed by atoms with Crippen molar-refractivity contribution in [3.8, 4) is 6.07 Å². The van der Waals surface area contributed by atoms with Gasteiger partial charge in [0, 0.05) is 0 Å². The maximum atomic E-state index is 9.16. The number of nitrogens with zero attached hydrogens (tertiary/aromatic N) is 1. The van der Waals surface area contributed by atoms with Gasteiger partial charge in [0.25, 0.3) is 0 Å². The molecule has 0 heterocycles. The Labute approximate surface area is 109 Å². The van der Waals surface area contributed by atoms with Crippen molar-refractivity contribution in [1.29, 1.82) is 5.26 Å². The lowest BCUT2D eigenvalue weighted by Crippen LogP contribution is -2.09. The predicted octanol–water partition coefficient (Wildman–Crippen LogP) is 4.49. The third kappa shape index (κ3) is 2.71. The molecule has 1 atom stereocenters. The van der Waals surface area contributed by atoms with Gasteiger partial charge in [-0.2, -0.15) is 5.26 Å². The van der Waals surface area contributed by atoms with E-state index in [0.717, 1.165) is 6.42 Å². The van der Waals surface area contributed by atoms with Crippen LogP contribution >= 0.6 is 0 Å². The third-order valence-corrected chi connectivity index (χ3v) is 3.49. The van der Waals surface area contributed by atoms with Crippen molar-refractivity contribution >= 4 is 10.8 Å². The molecular weight excluding hydrogens is 218 g/mol. The first-order valence-electron chi connectivity index (χ1n) is 6.49. The molecule has 0 amide bonds. The molecule has 2 rings (SSSR count). The summed E-state index contributed by atoms with van der Waals surface area (Å²) >= 11 is 0. The first-order chi connectivity index (χ1) is 8.60.